The molecular weight excluding hydrogens is 278 g/mol. The van der Waals surface area contributed by atoms with Gasteiger partial charge in [0.25, 0.3) is 11.8 Å². The highest BCUT2D eigenvalue weighted by atomic mass is 15.6. The second kappa shape index (κ2) is 4.85. The van der Waals surface area contributed by atoms with Crippen LogP contribution >= 0.6 is 0 Å². The molecule has 0 radical (unpaired) electrons. The smallest absolute Gasteiger partial charge is 0.289 e. The number of aryl methyl sites for hydroxylation is 1. The van der Waals surface area contributed by atoms with Crippen molar-refractivity contribution >= 4 is 17.9 Å². The van der Waals surface area contributed by atoms with E-state index in [2.05, 4.69) is 51.3 Å². The lowest BCUT2D eigenvalue weighted by Gasteiger charge is -2.15. The summed E-state index contributed by atoms with van der Waals surface area (Å²) in [5.74, 6) is 0.984. The molecule has 13 heteroatoms. The maximum atomic E-state index is 8.70. The predicted molar refractivity (Wildman–Crippen MR) is 68.5 cm³/mol. The van der Waals surface area contributed by atoms with Gasteiger partial charge < -0.3 is 11.1 Å². The number of nitrogens with zero attached hydrogens (tertiary/aromatic N) is 9. The van der Waals surface area contributed by atoms with Crippen LogP contribution in [0, 0.1) is 18.3 Å². The van der Waals surface area contributed by atoms with Gasteiger partial charge in [0.15, 0.2) is 0 Å². The minimum Gasteiger partial charge on any atom is -0.368 e. The van der Waals surface area contributed by atoms with E-state index in [0.29, 0.717) is 11.8 Å². The number of nitriles is 1. The Morgan fingerprint density at radius 3 is 2.86 bits per heavy atom. The normalized spacial score (nSPS) is 17.0. The zero-order valence-corrected chi connectivity index (χ0v) is 10.7. The van der Waals surface area contributed by atoms with Gasteiger partial charge in [-0.3, -0.25) is 10.5 Å². The number of aromatic nitrogens is 6. The molecule has 0 saturated carbocycles. The second-order valence-corrected chi connectivity index (χ2v) is 3.86. The van der Waals surface area contributed by atoms with Gasteiger partial charge in [-0.1, -0.05) is 0 Å². The van der Waals surface area contributed by atoms with Gasteiger partial charge in [0.05, 0.1) is 0 Å². The highest BCUT2D eigenvalue weighted by molar-refractivity contribution is 5.84. The van der Waals surface area contributed by atoms with Crippen molar-refractivity contribution in [2.75, 3.05) is 11.1 Å². The minimum absolute atomic E-state index is 0.0120. The summed E-state index contributed by atoms with van der Waals surface area (Å²) in [4.78, 5) is 7.77. The fraction of sp³-hybridized carbons (Fsp3) is 0.250. The van der Waals surface area contributed by atoms with Crippen LogP contribution < -0.4 is 16.5 Å². The SMILES string of the molecule is Cc1nc(NC2N=NC(n3nc(C#N)nc3N)=NN2)n[nH]1. The molecule has 1 aliphatic rings. The zero-order chi connectivity index (χ0) is 14.8. The van der Waals surface area contributed by atoms with Crippen molar-refractivity contribution < 1.29 is 0 Å². The Morgan fingerprint density at radius 1 is 1.43 bits per heavy atom. The first-order valence-electron chi connectivity index (χ1n) is 5.68. The van der Waals surface area contributed by atoms with Gasteiger partial charge in [-0.2, -0.15) is 19.9 Å². The van der Waals surface area contributed by atoms with Crippen LogP contribution in [0.3, 0.4) is 0 Å². The first-order valence-corrected chi connectivity index (χ1v) is 5.68. The monoisotopic (exact) mass is 287 g/mol. The Kier molecular flexibility index (Phi) is 2.88. The van der Waals surface area contributed by atoms with Crippen molar-refractivity contribution in [3.05, 3.63) is 11.6 Å². The van der Waals surface area contributed by atoms with Crippen molar-refractivity contribution in [1.29, 1.82) is 5.26 Å². The van der Waals surface area contributed by atoms with Crippen LogP contribution in [0.4, 0.5) is 11.9 Å². The lowest BCUT2D eigenvalue weighted by atomic mass is 10.7. The van der Waals surface area contributed by atoms with Crippen LogP contribution in [0.5, 0.6) is 0 Å². The predicted octanol–water partition coefficient (Wildman–Crippen LogP) is -1.27. The third kappa shape index (κ3) is 2.45. The highest BCUT2D eigenvalue weighted by Crippen LogP contribution is 2.06. The van der Waals surface area contributed by atoms with Gasteiger partial charge in [0.2, 0.25) is 18.2 Å². The molecule has 0 spiro atoms. The van der Waals surface area contributed by atoms with Crippen LogP contribution in [-0.2, 0) is 0 Å². The molecule has 0 aliphatic carbocycles. The highest BCUT2D eigenvalue weighted by Gasteiger charge is 2.18. The van der Waals surface area contributed by atoms with Crippen LogP contribution in [0.15, 0.2) is 15.3 Å². The number of aromatic amines is 1. The van der Waals surface area contributed by atoms with Crippen LogP contribution in [-0.4, -0.2) is 42.2 Å². The molecule has 5 N–H and O–H groups in total. The van der Waals surface area contributed by atoms with E-state index in [-0.39, 0.29) is 17.7 Å². The topological polar surface area (TPSA) is 183 Å². The molecule has 1 aliphatic heterocycles. The maximum absolute atomic E-state index is 8.70. The lowest BCUT2D eigenvalue weighted by molar-refractivity contribution is 0.556. The average Bonchev–Trinajstić information content (AvgIpc) is 3.06. The third-order valence-corrected chi connectivity index (χ3v) is 2.33. The van der Waals surface area contributed by atoms with Gasteiger partial charge in [-0.05, 0) is 6.92 Å². The van der Waals surface area contributed by atoms with E-state index in [1.807, 2.05) is 0 Å². The number of hydrogen-bond acceptors (Lipinski definition) is 11. The van der Waals surface area contributed by atoms with E-state index in [0.717, 1.165) is 4.68 Å². The molecule has 21 heavy (non-hydrogen) atoms. The molecule has 2 aromatic heterocycles. The average molecular weight is 287 g/mol. The summed E-state index contributed by atoms with van der Waals surface area (Å²) in [6.07, 6.45) is -0.635. The van der Waals surface area contributed by atoms with Crippen molar-refractivity contribution in [2.45, 2.75) is 13.2 Å². The van der Waals surface area contributed by atoms with E-state index < -0.39 is 6.29 Å². The molecule has 3 rings (SSSR count). The largest absolute Gasteiger partial charge is 0.368 e. The van der Waals surface area contributed by atoms with Gasteiger partial charge >= 0.3 is 0 Å². The number of nitrogens with one attached hydrogen (secondary N) is 3. The summed E-state index contributed by atoms with van der Waals surface area (Å²) in [6, 6.07) is 1.77. The van der Waals surface area contributed by atoms with Crippen molar-refractivity contribution in [3.8, 4) is 6.07 Å². The zero-order valence-electron chi connectivity index (χ0n) is 10.7. The standard InChI is InChI=1S/C8H9N13/c1-3-11-6(15-14-3)13-7-16-18-8(19-17-7)21-5(10)12-4(2-9)20-21/h7,16H,1H3,(H2,10,12,20)(H2,11,13,14,15). The second-order valence-electron chi connectivity index (χ2n) is 3.86. The molecule has 0 fully saturated rings. The molecule has 0 bridgehead atoms. The summed E-state index contributed by atoms with van der Waals surface area (Å²) in [6.45, 7) is 1.77. The Balaban J connectivity index is 1.71. The number of rotatable bonds is 2. The first-order chi connectivity index (χ1) is 10.2. The van der Waals surface area contributed by atoms with E-state index in [1.54, 1.807) is 13.0 Å². The Hall–Kier alpha value is -3.56. The van der Waals surface area contributed by atoms with E-state index in [4.69, 9.17) is 11.0 Å². The molecule has 3 heterocycles. The number of nitrogens with two attached hydrogens (primary N) is 1. The van der Waals surface area contributed by atoms with Gasteiger partial charge in [0.1, 0.15) is 11.9 Å². The Bertz CT molecular complexity index is 757. The van der Waals surface area contributed by atoms with Crippen LogP contribution in [0.25, 0.3) is 0 Å². The van der Waals surface area contributed by atoms with E-state index >= 15 is 0 Å². The minimum atomic E-state index is -0.635. The number of azo groups is 1. The summed E-state index contributed by atoms with van der Waals surface area (Å²) >= 11 is 0. The fourth-order valence-electron chi connectivity index (χ4n) is 1.48. The van der Waals surface area contributed by atoms with Crippen molar-refractivity contribution in [2.24, 2.45) is 15.3 Å². The third-order valence-electron chi connectivity index (χ3n) is 2.33. The van der Waals surface area contributed by atoms with E-state index in [9.17, 15) is 0 Å². The van der Waals surface area contributed by atoms with Gasteiger partial charge in [0, 0.05) is 0 Å². The quantitative estimate of drug-likeness (QED) is 0.526. The molecule has 0 aromatic carbocycles. The molecule has 1 unspecified atom stereocenters. The van der Waals surface area contributed by atoms with Crippen molar-refractivity contribution in [1.82, 2.24) is 35.4 Å². The number of hydrazone groups is 1. The fourth-order valence-corrected chi connectivity index (χ4v) is 1.48. The number of hydrogen-bond donors (Lipinski definition) is 4. The molecule has 1 atom stereocenters. The molecule has 106 valence electrons. The summed E-state index contributed by atoms with van der Waals surface area (Å²) in [7, 11) is 0. The first kappa shape index (κ1) is 12.5. The number of nitrogen functional groups attached to an aromatic ring is 1. The van der Waals surface area contributed by atoms with Crippen LogP contribution in [0.2, 0.25) is 0 Å². The number of anilines is 2. The maximum Gasteiger partial charge on any atom is 0.289 e. The summed E-state index contributed by atoms with van der Waals surface area (Å²) in [5.41, 5.74) is 8.27. The molecule has 13 nitrogen and oxygen atoms in total. The summed E-state index contributed by atoms with van der Waals surface area (Å²) < 4.78 is 1.10. The molecular formula is C8H9N13. The number of H-pyrrole nitrogens is 1. The van der Waals surface area contributed by atoms with Gasteiger partial charge in [-0.15, -0.1) is 25.5 Å². The molecule has 2 aromatic rings. The van der Waals surface area contributed by atoms with Crippen molar-refractivity contribution in [3.63, 3.8) is 0 Å². The van der Waals surface area contributed by atoms with E-state index in [1.165, 1.54) is 0 Å². The Labute approximate surface area is 117 Å². The molecule has 0 saturated heterocycles. The van der Waals surface area contributed by atoms with Crippen LogP contribution in [0.1, 0.15) is 11.6 Å². The molecule has 0 amide bonds. The summed E-state index contributed by atoms with van der Waals surface area (Å²) in [5, 5.41) is 33.6. The Morgan fingerprint density at radius 2 is 2.29 bits per heavy atom. The lowest BCUT2D eigenvalue weighted by Crippen LogP contribution is -2.35. The van der Waals surface area contributed by atoms with Gasteiger partial charge in [-0.25, -0.2) is 0 Å².